The Bertz CT molecular complexity index is 486. The van der Waals surface area contributed by atoms with Gasteiger partial charge in [-0.15, -0.1) is 0 Å². The number of allylic oxidation sites excluding steroid dienone is 6. The van der Waals surface area contributed by atoms with E-state index in [4.69, 9.17) is 4.74 Å². The fraction of sp³-hybridized carbons (Fsp3) is 0.692. The zero-order valence-electron chi connectivity index (χ0n) is 19.2. The standard InChI is InChI=1S/C26H44O3/c1-4-5-6-7-8-9-10-11-12-13-14-17-20-25(27)21-22-26(28)29-23-18-15-16-19-24(2)3/h7-12,24H,4-6,13-23H2,1-3H3. The highest BCUT2D eigenvalue weighted by atomic mass is 16.5. The van der Waals surface area contributed by atoms with E-state index in [9.17, 15) is 9.59 Å². The highest BCUT2D eigenvalue weighted by Crippen LogP contribution is 2.09. The molecule has 0 spiro atoms. The molecule has 0 aliphatic carbocycles. The zero-order chi connectivity index (χ0) is 21.6. The molecule has 3 heteroatoms. The molecule has 0 rings (SSSR count). The van der Waals surface area contributed by atoms with Crippen LogP contribution in [0.1, 0.15) is 104 Å². The average Bonchev–Trinajstić information content (AvgIpc) is 2.69. The first-order valence-corrected chi connectivity index (χ1v) is 11.7. The third kappa shape index (κ3) is 22.5. The topological polar surface area (TPSA) is 43.4 Å². The Morgan fingerprint density at radius 2 is 1.45 bits per heavy atom. The zero-order valence-corrected chi connectivity index (χ0v) is 19.2. The molecule has 166 valence electrons. The fourth-order valence-corrected chi connectivity index (χ4v) is 2.84. The Hall–Kier alpha value is -1.64. The summed E-state index contributed by atoms with van der Waals surface area (Å²) in [5.74, 6) is 0.666. The molecule has 0 radical (unpaired) electrons. The Balaban J connectivity index is 3.53. The molecule has 3 nitrogen and oxygen atoms in total. The molecule has 0 saturated carbocycles. The molecule has 29 heavy (non-hydrogen) atoms. The van der Waals surface area contributed by atoms with Gasteiger partial charge in [0.15, 0.2) is 0 Å². The van der Waals surface area contributed by atoms with Crippen molar-refractivity contribution in [3.63, 3.8) is 0 Å². The first-order chi connectivity index (χ1) is 14.1. The molecule has 0 aromatic heterocycles. The van der Waals surface area contributed by atoms with Crippen molar-refractivity contribution >= 4 is 11.8 Å². The summed E-state index contributed by atoms with van der Waals surface area (Å²) in [7, 11) is 0. The van der Waals surface area contributed by atoms with Crippen molar-refractivity contribution in [3.8, 4) is 0 Å². The second-order valence-electron chi connectivity index (χ2n) is 8.13. The van der Waals surface area contributed by atoms with Gasteiger partial charge in [-0.3, -0.25) is 9.59 Å². The fourth-order valence-electron chi connectivity index (χ4n) is 2.84. The van der Waals surface area contributed by atoms with E-state index in [-0.39, 0.29) is 18.2 Å². The maximum Gasteiger partial charge on any atom is 0.306 e. The van der Waals surface area contributed by atoms with Crippen LogP contribution in [-0.4, -0.2) is 18.4 Å². The Kier molecular flexibility index (Phi) is 19.9. The third-order valence-corrected chi connectivity index (χ3v) is 4.70. The second kappa shape index (κ2) is 21.1. The van der Waals surface area contributed by atoms with Crippen LogP contribution in [0.15, 0.2) is 36.5 Å². The molecule has 0 N–H and O–H groups in total. The maximum absolute atomic E-state index is 11.9. The molecule has 0 atom stereocenters. The van der Waals surface area contributed by atoms with E-state index in [1.54, 1.807) is 0 Å². The van der Waals surface area contributed by atoms with Gasteiger partial charge in [-0.05, 0) is 38.0 Å². The second-order valence-corrected chi connectivity index (χ2v) is 8.13. The van der Waals surface area contributed by atoms with E-state index in [1.165, 1.54) is 25.7 Å². The van der Waals surface area contributed by atoms with Gasteiger partial charge >= 0.3 is 5.97 Å². The number of carbonyl (C=O) groups excluding carboxylic acids is 2. The Labute approximate surface area is 179 Å². The van der Waals surface area contributed by atoms with Gasteiger partial charge in [-0.1, -0.05) is 89.3 Å². The first kappa shape index (κ1) is 27.4. The summed E-state index contributed by atoms with van der Waals surface area (Å²) >= 11 is 0. The van der Waals surface area contributed by atoms with Gasteiger partial charge in [0.25, 0.3) is 0 Å². The number of Topliss-reactive ketones (excluding diaryl/α,β-unsaturated/α-hetero) is 1. The van der Waals surface area contributed by atoms with E-state index >= 15 is 0 Å². The minimum atomic E-state index is -0.235. The van der Waals surface area contributed by atoms with Crippen LogP contribution in [0.25, 0.3) is 0 Å². The Morgan fingerprint density at radius 1 is 0.759 bits per heavy atom. The largest absolute Gasteiger partial charge is 0.466 e. The molecule has 0 heterocycles. The van der Waals surface area contributed by atoms with Crippen molar-refractivity contribution in [2.75, 3.05) is 6.61 Å². The van der Waals surface area contributed by atoms with Gasteiger partial charge in [-0.2, -0.15) is 0 Å². The molecule has 0 aliphatic heterocycles. The van der Waals surface area contributed by atoms with Crippen LogP contribution in [0.3, 0.4) is 0 Å². The van der Waals surface area contributed by atoms with Crippen molar-refractivity contribution in [3.05, 3.63) is 36.5 Å². The van der Waals surface area contributed by atoms with Crippen LogP contribution in [0.5, 0.6) is 0 Å². The summed E-state index contributed by atoms with van der Waals surface area (Å²) < 4.78 is 5.21. The maximum atomic E-state index is 11.9. The lowest BCUT2D eigenvalue weighted by Gasteiger charge is -2.06. The number of unbranched alkanes of at least 4 members (excludes halogenated alkanes) is 6. The summed E-state index contributed by atoms with van der Waals surface area (Å²) in [4.78, 5) is 23.5. The van der Waals surface area contributed by atoms with Gasteiger partial charge in [0.2, 0.25) is 0 Å². The van der Waals surface area contributed by atoms with Crippen LogP contribution >= 0.6 is 0 Å². The normalized spacial score (nSPS) is 12.0. The van der Waals surface area contributed by atoms with Gasteiger partial charge < -0.3 is 4.74 Å². The van der Waals surface area contributed by atoms with Crippen LogP contribution in [0.4, 0.5) is 0 Å². The van der Waals surface area contributed by atoms with Gasteiger partial charge in [0, 0.05) is 12.8 Å². The molecule has 0 aromatic rings. The van der Waals surface area contributed by atoms with Crippen LogP contribution in [0.2, 0.25) is 0 Å². The summed E-state index contributed by atoms with van der Waals surface area (Å²) in [5.41, 5.74) is 0. The van der Waals surface area contributed by atoms with E-state index in [2.05, 4.69) is 51.2 Å². The Morgan fingerprint density at radius 3 is 2.10 bits per heavy atom. The molecule has 0 unspecified atom stereocenters. The summed E-state index contributed by atoms with van der Waals surface area (Å²) in [5, 5.41) is 0. The highest BCUT2D eigenvalue weighted by molar-refractivity contribution is 5.82. The predicted octanol–water partition coefficient (Wildman–Crippen LogP) is 7.51. The van der Waals surface area contributed by atoms with Crippen molar-refractivity contribution < 1.29 is 14.3 Å². The summed E-state index contributed by atoms with van der Waals surface area (Å²) in [6, 6.07) is 0. The van der Waals surface area contributed by atoms with E-state index in [1.807, 2.05) is 6.08 Å². The summed E-state index contributed by atoms with van der Waals surface area (Å²) in [6.07, 6.45) is 24.6. The molecule has 0 saturated heterocycles. The predicted molar refractivity (Wildman–Crippen MR) is 124 cm³/mol. The third-order valence-electron chi connectivity index (χ3n) is 4.70. The average molecular weight is 405 g/mol. The molecular weight excluding hydrogens is 360 g/mol. The first-order valence-electron chi connectivity index (χ1n) is 11.7. The number of hydrogen-bond donors (Lipinski definition) is 0. The lowest BCUT2D eigenvalue weighted by Crippen LogP contribution is -2.09. The van der Waals surface area contributed by atoms with Gasteiger partial charge in [0.05, 0.1) is 13.0 Å². The van der Waals surface area contributed by atoms with Crippen molar-refractivity contribution in [2.24, 2.45) is 5.92 Å². The molecular formula is C26H44O3. The highest BCUT2D eigenvalue weighted by Gasteiger charge is 2.08. The molecule has 0 aromatic carbocycles. The van der Waals surface area contributed by atoms with Gasteiger partial charge in [-0.25, -0.2) is 0 Å². The lowest BCUT2D eigenvalue weighted by atomic mass is 10.1. The van der Waals surface area contributed by atoms with Crippen molar-refractivity contribution in [1.29, 1.82) is 0 Å². The number of esters is 1. The monoisotopic (exact) mass is 404 g/mol. The van der Waals surface area contributed by atoms with E-state index in [0.29, 0.717) is 19.4 Å². The minimum Gasteiger partial charge on any atom is -0.466 e. The SMILES string of the molecule is CCCCC=CC=CC=CCCCCC(=O)CCC(=O)OCCCCCC(C)C. The minimum absolute atomic E-state index is 0.167. The van der Waals surface area contributed by atoms with Crippen molar-refractivity contribution in [2.45, 2.75) is 104 Å². The molecule has 0 fully saturated rings. The van der Waals surface area contributed by atoms with E-state index in [0.717, 1.165) is 44.4 Å². The number of ether oxygens (including phenoxy) is 1. The van der Waals surface area contributed by atoms with E-state index < -0.39 is 0 Å². The van der Waals surface area contributed by atoms with Crippen LogP contribution in [0, 0.1) is 5.92 Å². The number of ketones is 1. The number of carbonyl (C=O) groups is 2. The quantitative estimate of drug-likeness (QED) is 0.127. The molecule has 0 aliphatic rings. The number of rotatable bonds is 19. The lowest BCUT2D eigenvalue weighted by molar-refractivity contribution is -0.145. The van der Waals surface area contributed by atoms with Gasteiger partial charge in [0.1, 0.15) is 5.78 Å². The molecule has 0 bridgehead atoms. The van der Waals surface area contributed by atoms with Crippen LogP contribution < -0.4 is 0 Å². The van der Waals surface area contributed by atoms with Crippen molar-refractivity contribution in [1.82, 2.24) is 0 Å². The smallest absolute Gasteiger partial charge is 0.306 e. The number of hydrogen-bond acceptors (Lipinski definition) is 3. The van der Waals surface area contributed by atoms with Crippen LogP contribution in [-0.2, 0) is 14.3 Å². The molecule has 0 amide bonds. The summed E-state index contributed by atoms with van der Waals surface area (Å²) in [6.45, 7) is 7.13.